The van der Waals surface area contributed by atoms with Crippen LogP contribution in [0.5, 0.6) is 17.2 Å². The van der Waals surface area contributed by atoms with Crippen LogP contribution in [0.15, 0.2) is 36.4 Å². The molecule has 0 unspecified atom stereocenters. The predicted molar refractivity (Wildman–Crippen MR) is 171 cm³/mol. The Balaban J connectivity index is 0.00000155. The Hall–Kier alpha value is -2.52. The molecule has 2 aliphatic heterocycles. The highest BCUT2D eigenvalue weighted by Crippen LogP contribution is 2.40. The zero-order valence-electron chi connectivity index (χ0n) is 25.1. The number of hydrogen-bond acceptors (Lipinski definition) is 8. The third-order valence-electron chi connectivity index (χ3n) is 7.38. The summed E-state index contributed by atoms with van der Waals surface area (Å²) in [6.45, 7) is 1.58. The molecular weight excluding hydrogens is 621 g/mol. The standard InChI is InChI=1S/C26H35ClN4O7S.C2H7N.ClH/c1-36-23-13-20(14-24(37-2)25(23)38-3)28-26(32)29-21-15-31(39(33,34)35)16-22(21)30-10-8-18(9-11-30)12-17-4-6-19(27)7-5-17;1-3-2;/h4-7,13-14,18,21-22H,8-12,15-16H2,1-3H3,(H2,28,29,32)(H,33,34,35);3H,1-2H3;1H/t21-,22-;;/m0../s1. The molecule has 2 heterocycles. The lowest BCUT2D eigenvalue weighted by Crippen LogP contribution is -2.54. The van der Waals surface area contributed by atoms with E-state index in [-0.39, 0.29) is 31.5 Å². The minimum atomic E-state index is -4.41. The van der Waals surface area contributed by atoms with Crippen molar-refractivity contribution in [3.8, 4) is 17.2 Å². The minimum Gasteiger partial charge on any atom is -0.493 e. The highest BCUT2D eigenvalue weighted by Gasteiger charge is 2.42. The lowest BCUT2D eigenvalue weighted by atomic mass is 9.89. The molecule has 2 fully saturated rings. The summed E-state index contributed by atoms with van der Waals surface area (Å²) in [5.41, 5.74) is 1.64. The van der Waals surface area contributed by atoms with E-state index in [1.807, 2.05) is 38.4 Å². The Bertz CT molecular complexity index is 1250. The lowest BCUT2D eigenvalue weighted by molar-refractivity contribution is 0.124. The molecule has 4 rings (SSSR count). The smallest absolute Gasteiger partial charge is 0.336 e. The molecule has 0 radical (unpaired) electrons. The molecule has 2 saturated heterocycles. The molecule has 0 spiro atoms. The fourth-order valence-electron chi connectivity index (χ4n) is 5.38. The molecule has 4 N–H and O–H groups in total. The molecular formula is C28H43Cl2N5O7S. The van der Waals surface area contributed by atoms with Crippen molar-refractivity contribution in [3.63, 3.8) is 0 Å². The number of piperidine rings is 1. The van der Waals surface area contributed by atoms with Gasteiger partial charge >= 0.3 is 16.3 Å². The van der Waals surface area contributed by atoms with Crippen LogP contribution in [0.3, 0.4) is 0 Å². The summed E-state index contributed by atoms with van der Waals surface area (Å²) in [4.78, 5) is 15.2. The quantitative estimate of drug-likeness (QED) is 0.296. The largest absolute Gasteiger partial charge is 0.493 e. The maximum atomic E-state index is 13.0. The minimum absolute atomic E-state index is 0. The van der Waals surface area contributed by atoms with Gasteiger partial charge in [0.15, 0.2) is 11.5 Å². The van der Waals surface area contributed by atoms with E-state index in [2.05, 4.69) is 20.9 Å². The third-order valence-corrected chi connectivity index (χ3v) is 8.58. The average molecular weight is 665 g/mol. The van der Waals surface area contributed by atoms with Gasteiger partial charge in [-0.1, -0.05) is 23.7 Å². The number of nitrogens with one attached hydrogen (secondary N) is 3. The maximum absolute atomic E-state index is 13.0. The van der Waals surface area contributed by atoms with Gasteiger partial charge in [0.05, 0.1) is 33.1 Å². The van der Waals surface area contributed by atoms with Crippen LogP contribution in [0.1, 0.15) is 18.4 Å². The summed E-state index contributed by atoms with van der Waals surface area (Å²) in [6, 6.07) is 9.75. The number of hydrogen-bond donors (Lipinski definition) is 4. The van der Waals surface area contributed by atoms with E-state index in [1.165, 1.54) is 26.9 Å². The van der Waals surface area contributed by atoms with E-state index >= 15 is 0 Å². The number of methoxy groups -OCH3 is 3. The van der Waals surface area contributed by atoms with Crippen LogP contribution in [-0.2, 0) is 16.7 Å². The second-order valence-electron chi connectivity index (χ2n) is 10.3. The van der Waals surface area contributed by atoms with Crippen LogP contribution in [0.4, 0.5) is 10.5 Å². The van der Waals surface area contributed by atoms with E-state index in [4.69, 9.17) is 25.8 Å². The number of carbonyl (C=O) groups is 1. The molecule has 43 heavy (non-hydrogen) atoms. The van der Waals surface area contributed by atoms with E-state index in [1.54, 1.807) is 12.1 Å². The fraction of sp³-hybridized carbons (Fsp3) is 0.536. The van der Waals surface area contributed by atoms with Gasteiger partial charge in [0.2, 0.25) is 5.75 Å². The number of rotatable bonds is 9. The van der Waals surface area contributed by atoms with Crippen LogP contribution in [-0.4, -0.2) is 102 Å². The number of halogens is 2. The van der Waals surface area contributed by atoms with E-state index in [0.717, 1.165) is 36.7 Å². The molecule has 0 bridgehead atoms. The number of likely N-dealkylation sites (tertiary alicyclic amines) is 1. The Morgan fingerprint density at radius 1 is 1.00 bits per heavy atom. The number of anilines is 1. The lowest BCUT2D eigenvalue weighted by Gasteiger charge is -2.38. The Labute approximate surface area is 265 Å². The fourth-order valence-corrected chi connectivity index (χ4v) is 6.20. The molecule has 15 heteroatoms. The zero-order valence-corrected chi connectivity index (χ0v) is 27.5. The van der Waals surface area contributed by atoms with Gasteiger partial charge in [-0.25, -0.2) is 4.79 Å². The summed E-state index contributed by atoms with van der Waals surface area (Å²) in [5, 5.41) is 9.13. The van der Waals surface area contributed by atoms with Gasteiger partial charge in [0, 0.05) is 36.3 Å². The van der Waals surface area contributed by atoms with Crippen molar-refractivity contribution in [1.82, 2.24) is 19.8 Å². The number of amides is 2. The Kier molecular flexibility index (Phi) is 14.6. The van der Waals surface area contributed by atoms with Crippen LogP contribution in [0.2, 0.25) is 5.02 Å². The van der Waals surface area contributed by atoms with Crippen LogP contribution in [0.25, 0.3) is 0 Å². The molecule has 0 aliphatic carbocycles. The van der Waals surface area contributed by atoms with Crippen molar-refractivity contribution in [2.45, 2.75) is 31.3 Å². The molecule has 2 amide bonds. The van der Waals surface area contributed by atoms with Crippen LogP contribution < -0.4 is 30.2 Å². The van der Waals surface area contributed by atoms with Gasteiger partial charge in [-0.3, -0.25) is 9.45 Å². The van der Waals surface area contributed by atoms with E-state index < -0.39 is 22.4 Å². The molecule has 0 saturated carbocycles. The van der Waals surface area contributed by atoms with Gasteiger partial charge in [0.25, 0.3) is 0 Å². The number of carbonyl (C=O) groups excluding carboxylic acids is 1. The summed E-state index contributed by atoms with van der Waals surface area (Å²) in [6.07, 6.45) is 2.83. The van der Waals surface area contributed by atoms with Crippen molar-refractivity contribution in [2.75, 3.05) is 66.9 Å². The number of nitrogens with zero attached hydrogens (tertiary/aromatic N) is 2. The van der Waals surface area contributed by atoms with Crippen LogP contribution >= 0.6 is 24.0 Å². The monoisotopic (exact) mass is 663 g/mol. The van der Waals surface area contributed by atoms with Gasteiger partial charge in [-0.05, 0) is 70.1 Å². The summed E-state index contributed by atoms with van der Waals surface area (Å²) < 4.78 is 50.6. The highest BCUT2D eigenvalue weighted by molar-refractivity contribution is 7.83. The highest BCUT2D eigenvalue weighted by atomic mass is 35.5. The third kappa shape index (κ3) is 10.3. The second-order valence-corrected chi connectivity index (χ2v) is 12.1. The first kappa shape index (κ1) is 36.7. The van der Waals surface area contributed by atoms with Gasteiger partial charge < -0.3 is 30.2 Å². The maximum Gasteiger partial charge on any atom is 0.336 e. The molecule has 0 aromatic heterocycles. The Morgan fingerprint density at radius 2 is 1.56 bits per heavy atom. The average Bonchev–Trinajstić information content (AvgIpc) is 3.38. The van der Waals surface area contributed by atoms with Crippen molar-refractivity contribution < 1.29 is 32.0 Å². The first-order valence-corrected chi connectivity index (χ1v) is 15.5. The Morgan fingerprint density at radius 3 is 2.05 bits per heavy atom. The van der Waals surface area contributed by atoms with Crippen LogP contribution in [0, 0.1) is 5.92 Å². The SMILES string of the molecule is CNC.COc1cc(NC(=O)N[C@H]2CN(S(=O)(=O)O)C[C@@H]2N2CCC(Cc3ccc(Cl)cc3)CC2)cc(OC)c1OC.Cl. The number of ether oxygens (including phenoxy) is 3. The summed E-state index contributed by atoms with van der Waals surface area (Å²) in [7, 11) is 3.79. The van der Waals surface area contributed by atoms with Gasteiger partial charge in [-0.2, -0.15) is 12.7 Å². The van der Waals surface area contributed by atoms with Gasteiger partial charge in [-0.15, -0.1) is 12.4 Å². The molecule has 2 aromatic rings. The molecule has 242 valence electrons. The van der Waals surface area contributed by atoms with Crippen molar-refractivity contribution in [1.29, 1.82) is 0 Å². The molecule has 12 nitrogen and oxygen atoms in total. The van der Waals surface area contributed by atoms with E-state index in [0.29, 0.717) is 33.9 Å². The first-order chi connectivity index (χ1) is 20.0. The van der Waals surface area contributed by atoms with E-state index in [9.17, 15) is 17.8 Å². The molecule has 2 aliphatic rings. The molecule has 2 atom stereocenters. The molecule has 2 aromatic carbocycles. The summed E-state index contributed by atoms with van der Waals surface area (Å²) in [5.74, 6) is 1.65. The zero-order chi connectivity index (χ0) is 30.9. The van der Waals surface area contributed by atoms with Crippen molar-refractivity contribution in [3.05, 3.63) is 47.0 Å². The number of urea groups is 1. The topological polar surface area (TPSA) is 142 Å². The summed E-state index contributed by atoms with van der Waals surface area (Å²) >= 11 is 6.00. The predicted octanol–water partition coefficient (Wildman–Crippen LogP) is 3.56. The van der Waals surface area contributed by atoms with Gasteiger partial charge in [0.1, 0.15) is 0 Å². The first-order valence-electron chi connectivity index (χ1n) is 13.7. The van der Waals surface area contributed by atoms with Crippen molar-refractivity contribution in [2.24, 2.45) is 5.92 Å². The number of benzene rings is 2. The second kappa shape index (κ2) is 17.1. The normalized spacial score (nSPS) is 19.4. The van der Waals surface area contributed by atoms with Crippen molar-refractivity contribution >= 4 is 46.0 Å².